The molecule has 25 heteroatoms. The first-order valence-corrected chi connectivity index (χ1v) is 44.9. The van der Waals surface area contributed by atoms with Crippen molar-refractivity contribution in [2.45, 2.75) is 96.9 Å². The monoisotopic (exact) mass is 1790 g/mol. The summed E-state index contributed by atoms with van der Waals surface area (Å²) in [5.41, 5.74) is 19.7. The number of aryl methyl sites for hydroxylation is 2. The number of carbonyl (C=O) groups excluding carboxylic acids is 1. The van der Waals surface area contributed by atoms with Gasteiger partial charge >= 0.3 is 0 Å². The van der Waals surface area contributed by atoms with Gasteiger partial charge in [-0.2, -0.15) is 0 Å². The number of hydrogen-bond acceptors (Lipinski definition) is 19. The van der Waals surface area contributed by atoms with Gasteiger partial charge in [0.05, 0.1) is 93.8 Å². The molecule has 10 heterocycles. The van der Waals surface area contributed by atoms with Crippen molar-refractivity contribution in [3.63, 3.8) is 0 Å². The number of Topliss-reactive ketones (excluding diaryl/α,β-unsaturated/α-hetero) is 1. The number of nitrogen functional groups attached to an aromatic ring is 1. The van der Waals surface area contributed by atoms with Crippen molar-refractivity contribution in [3.8, 4) is 34.5 Å². The molecule has 5 aliphatic rings. The highest BCUT2D eigenvalue weighted by atomic mass is 35.5. The Labute approximate surface area is 767 Å². The number of nitrogens with one attached hydrogen (secondary N) is 1. The van der Waals surface area contributed by atoms with Crippen molar-refractivity contribution in [2.75, 3.05) is 134 Å². The zero-order valence-corrected chi connectivity index (χ0v) is 77.8. The summed E-state index contributed by atoms with van der Waals surface area (Å²) in [7, 11) is 13.2. The van der Waals surface area contributed by atoms with Crippen LogP contribution in [0.2, 0.25) is 15.1 Å². The number of pyridine rings is 5. The van der Waals surface area contributed by atoms with Crippen molar-refractivity contribution >= 4 is 152 Å². The lowest BCUT2D eigenvalue weighted by Gasteiger charge is -2.42. The topological polar surface area (TPSA) is 223 Å². The van der Waals surface area contributed by atoms with Crippen LogP contribution in [-0.2, 0) is 18.9 Å². The Balaban J connectivity index is 0.000000148. The SMILES string of the molecule is CC.CC.COc1cc(Cl)c2ncccc2c1.COc1cc(N2CCN(C)CC2)c2ncccc2c1.COc1cc(N2CCN(C3CCC(c4cn(C)c5ccccc45)CC3)CC2)c2ncccc2c1.COc1cc(N2CCNCC2)c2ncccc2c1.Cl.Cn1cc(C2CCC(=O)CC2)c2ccccc21.Nc1ccc(O)cc1Cl.Oc1cc(Cl)c2ncccc2c1. The average Bonchev–Trinajstić information content (AvgIpc) is 1.78. The Hall–Kier alpha value is -11.4. The molecule has 8 aromatic carbocycles. The maximum Gasteiger partial charge on any atom is 0.132 e. The molecule has 3 aliphatic heterocycles. The number of aromatic nitrogens is 7. The molecule has 7 aromatic heterocycles. The van der Waals surface area contributed by atoms with Crippen LogP contribution in [0.5, 0.6) is 34.5 Å². The number of anilines is 4. The predicted octanol–water partition coefficient (Wildman–Crippen LogP) is 22.2. The van der Waals surface area contributed by atoms with Crippen LogP contribution in [0.1, 0.15) is 102 Å². The van der Waals surface area contributed by atoms with Gasteiger partial charge in [-0.25, -0.2) is 0 Å². The molecule has 15 aromatic rings. The molecule has 20 rings (SSSR count). The average molecular weight is 1800 g/mol. The van der Waals surface area contributed by atoms with Crippen LogP contribution in [0.25, 0.3) is 76.3 Å². The summed E-state index contributed by atoms with van der Waals surface area (Å²) in [6, 6.07) is 61.5. The second kappa shape index (κ2) is 47.4. The van der Waals surface area contributed by atoms with Crippen molar-refractivity contribution in [2.24, 2.45) is 14.1 Å². The van der Waals surface area contributed by atoms with Crippen LogP contribution < -0.4 is 44.7 Å². The first-order valence-electron chi connectivity index (χ1n) is 43.7. The second-order valence-corrected chi connectivity index (χ2v) is 32.6. The summed E-state index contributed by atoms with van der Waals surface area (Å²) < 4.78 is 26.0. The van der Waals surface area contributed by atoms with Gasteiger partial charge in [-0.15, -0.1) is 12.4 Å². The molecule has 0 atom stereocenters. The number of likely N-dealkylation sites (N-methyl/N-ethyl adjacent to an activating group) is 1. The molecule has 127 heavy (non-hydrogen) atoms. The fourth-order valence-corrected chi connectivity index (χ4v) is 17.8. The number of benzene rings is 8. The van der Waals surface area contributed by atoms with E-state index in [-0.39, 0.29) is 23.9 Å². The van der Waals surface area contributed by atoms with Crippen LogP contribution in [0.3, 0.4) is 0 Å². The van der Waals surface area contributed by atoms with E-state index < -0.39 is 0 Å². The summed E-state index contributed by atoms with van der Waals surface area (Å²) in [5.74, 6) is 5.45. The minimum Gasteiger partial charge on any atom is -0.508 e. The molecule has 668 valence electrons. The number of carbonyl (C=O) groups is 1. The minimum absolute atomic E-state index is 0. The quantitative estimate of drug-likeness (QED) is 0.0738. The number of para-hydroxylation sites is 2. The third-order valence-electron chi connectivity index (χ3n) is 23.6. The molecule has 0 unspecified atom stereocenters. The predicted molar refractivity (Wildman–Crippen MR) is 530 cm³/mol. The number of ketones is 1. The lowest BCUT2D eigenvalue weighted by molar-refractivity contribution is -0.120. The van der Waals surface area contributed by atoms with Crippen molar-refractivity contribution in [1.82, 2.24) is 49.2 Å². The Kier molecular flexibility index (Phi) is 35.9. The number of hydrogen-bond donors (Lipinski definition) is 4. The van der Waals surface area contributed by atoms with Crippen molar-refractivity contribution < 1.29 is 34.0 Å². The van der Waals surface area contributed by atoms with Crippen LogP contribution in [0.4, 0.5) is 22.7 Å². The Morgan fingerprint density at radius 3 is 1.17 bits per heavy atom. The number of phenolic OH excluding ortho intramolecular Hbond substituents is 2. The van der Waals surface area contributed by atoms with E-state index in [2.05, 4.69) is 188 Å². The number of halogens is 4. The Morgan fingerprint density at radius 1 is 0.394 bits per heavy atom. The van der Waals surface area contributed by atoms with Crippen molar-refractivity contribution in [3.05, 3.63) is 258 Å². The molecule has 2 saturated carbocycles. The molecule has 0 bridgehead atoms. The van der Waals surface area contributed by atoms with E-state index >= 15 is 0 Å². The fourth-order valence-electron chi connectivity index (χ4n) is 17.1. The van der Waals surface area contributed by atoms with E-state index in [1.54, 1.807) is 70.7 Å². The van der Waals surface area contributed by atoms with E-state index in [0.29, 0.717) is 44.4 Å². The van der Waals surface area contributed by atoms with Gasteiger partial charge in [-0.3, -0.25) is 34.6 Å². The summed E-state index contributed by atoms with van der Waals surface area (Å²) in [4.78, 5) is 45.7. The molecule has 0 spiro atoms. The smallest absolute Gasteiger partial charge is 0.132 e. The highest BCUT2D eigenvalue weighted by Gasteiger charge is 2.32. The van der Waals surface area contributed by atoms with Crippen LogP contribution in [0.15, 0.2) is 231 Å². The molecule has 0 amide bonds. The molecule has 21 nitrogen and oxygen atoms in total. The van der Waals surface area contributed by atoms with Crippen LogP contribution >= 0.6 is 47.2 Å². The standard InChI is InChI=1S/C29H34N4O.C15H19N3O.C15H17NO.C14H17N3O.C10H8ClNO.C9H6ClNO.C6H6ClNO.2C2H6.ClH/c1-31-20-26(25-7-3-4-8-27(25)31)21-9-11-23(12-10-21)32-14-16-33(17-15-32)28-19-24(34-2)18-22-6-5-13-30-29(22)28;1-17-6-8-18(9-7-17)14-11-13(19-2)10-12-4-3-5-16-15(12)14;1-16-10-14(11-6-8-12(17)9-7-11)13-4-2-3-5-15(13)16;1-18-12-9-11-3-2-4-16-14(11)13(10-12)17-7-5-15-6-8-17;1-13-8-5-7-3-2-4-12-10(7)9(11)6-8;10-8-5-7(12)4-6-2-1-3-11-9(6)8;7-5-3-4(9)1-2-6(5)8;2*1-2;/h3-8,13,18-21,23H,9-12,14-17H2,1-2H3;3-5,10-11H,6-9H2,1-2H3;2-5,10-11H,6-9H2,1H3;2-4,9-10,15H,5-8H2,1H3;2-6H,1H3;1-5,12H;1-3,9H,8H2;2*1-2H3;1H. The highest BCUT2D eigenvalue weighted by Crippen LogP contribution is 2.42. The van der Waals surface area contributed by atoms with Crippen molar-refractivity contribution in [1.29, 1.82) is 0 Å². The minimum atomic E-state index is 0. The number of phenols is 2. The number of nitrogens with two attached hydrogens (primary N) is 1. The molecule has 5 N–H and O–H groups in total. The maximum atomic E-state index is 11.3. The molecule has 3 saturated heterocycles. The summed E-state index contributed by atoms with van der Waals surface area (Å²) in [6.07, 6.45) is 22.4. The Bertz CT molecular complexity index is 6060. The van der Waals surface area contributed by atoms with Gasteiger partial charge in [-0.1, -0.05) is 129 Å². The van der Waals surface area contributed by atoms with E-state index in [4.69, 9.17) is 64.6 Å². The summed E-state index contributed by atoms with van der Waals surface area (Å²) in [6.45, 7) is 20.6. The zero-order valence-electron chi connectivity index (χ0n) is 74.7. The third-order valence-corrected chi connectivity index (χ3v) is 24.5. The number of nitrogens with zero attached hydrogens (tertiary/aromatic N) is 12. The lowest BCUT2D eigenvalue weighted by atomic mass is 9.81. The van der Waals surface area contributed by atoms with Gasteiger partial charge in [0.15, 0.2) is 0 Å². The zero-order chi connectivity index (χ0) is 89.2. The van der Waals surface area contributed by atoms with Gasteiger partial charge in [0, 0.05) is 240 Å². The first kappa shape index (κ1) is 96.2. The van der Waals surface area contributed by atoms with Gasteiger partial charge in [-0.05, 0) is 153 Å². The van der Waals surface area contributed by atoms with Crippen LogP contribution in [-0.4, -0.2) is 180 Å². The van der Waals surface area contributed by atoms with E-state index in [1.165, 1.54) is 88.3 Å². The first-order chi connectivity index (χ1) is 61.4. The number of rotatable bonds is 10. The molecular weight excluding hydrogens is 1680 g/mol. The largest absolute Gasteiger partial charge is 0.508 e. The summed E-state index contributed by atoms with van der Waals surface area (Å²) in [5, 5.41) is 30.9. The second-order valence-electron chi connectivity index (χ2n) is 31.4. The highest BCUT2D eigenvalue weighted by molar-refractivity contribution is 6.35. The fraction of sp³-hybridized carbons (Fsp3) is 0.333. The van der Waals surface area contributed by atoms with Gasteiger partial charge in [0.2, 0.25) is 0 Å². The van der Waals surface area contributed by atoms with E-state index in [0.717, 1.165) is 182 Å². The van der Waals surface area contributed by atoms with Gasteiger partial charge in [0.25, 0.3) is 0 Å². The summed E-state index contributed by atoms with van der Waals surface area (Å²) >= 11 is 17.4. The number of ether oxygens (including phenoxy) is 4. The van der Waals surface area contributed by atoms with Gasteiger partial charge in [0.1, 0.15) is 40.3 Å². The molecular formula is C102H120Cl4N14O7. The number of aromatic hydroxyl groups is 2. The number of piperazine rings is 3. The normalized spacial score (nSPS) is 15.8. The maximum absolute atomic E-state index is 11.3. The van der Waals surface area contributed by atoms with E-state index in [1.807, 2.05) is 101 Å². The third kappa shape index (κ3) is 24.7. The lowest BCUT2D eigenvalue weighted by Crippen LogP contribution is -2.51. The number of fused-ring (bicyclic) bond motifs is 7. The number of methoxy groups -OCH3 is 4. The molecule has 0 radical (unpaired) electrons. The molecule has 5 fully saturated rings. The van der Waals surface area contributed by atoms with E-state index in [9.17, 15) is 9.90 Å². The van der Waals surface area contributed by atoms with Crippen LogP contribution in [0, 0.1) is 0 Å². The Morgan fingerprint density at radius 2 is 0.756 bits per heavy atom. The molecule has 2 aliphatic carbocycles. The van der Waals surface area contributed by atoms with Gasteiger partial charge < -0.3 is 68.9 Å².